The number of aromatic nitrogens is 3. The maximum absolute atomic E-state index is 5.21. The molecule has 134 valence electrons. The van der Waals surface area contributed by atoms with Crippen molar-refractivity contribution in [3.63, 3.8) is 0 Å². The van der Waals surface area contributed by atoms with Crippen molar-refractivity contribution in [3.8, 4) is 5.88 Å². The Morgan fingerprint density at radius 3 is 2.48 bits per heavy atom. The molecule has 0 amide bonds. The van der Waals surface area contributed by atoms with Crippen LogP contribution in [0.25, 0.3) is 0 Å². The SMILES string of the molecule is COc1cccc(CN2CCN(c3ccnc(C(C)(C)C)n3)CC2)n1. The van der Waals surface area contributed by atoms with E-state index in [9.17, 15) is 0 Å². The molecule has 2 aromatic heterocycles. The van der Waals surface area contributed by atoms with E-state index in [1.54, 1.807) is 7.11 Å². The van der Waals surface area contributed by atoms with Crippen molar-refractivity contribution in [2.24, 2.45) is 0 Å². The zero-order valence-corrected chi connectivity index (χ0v) is 15.6. The first-order valence-electron chi connectivity index (χ1n) is 8.76. The fourth-order valence-electron chi connectivity index (χ4n) is 2.91. The monoisotopic (exact) mass is 341 g/mol. The highest BCUT2D eigenvalue weighted by Crippen LogP contribution is 2.21. The maximum Gasteiger partial charge on any atom is 0.213 e. The van der Waals surface area contributed by atoms with Crippen LogP contribution in [0.1, 0.15) is 32.3 Å². The number of methoxy groups -OCH3 is 1. The second-order valence-corrected chi connectivity index (χ2v) is 7.42. The molecule has 0 radical (unpaired) electrons. The standard InChI is InChI=1S/C19H27N5O/c1-19(2,3)18-20-9-8-16(22-18)24-12-10-23(11-13-24)14-15-6-5-7-17(21-15)25-4/h5-9H,10-14H2,1-4H3. The first kappa shape index (κ1) is 17.6. The molecular weight excluding hydrogens is 314 g/mol. The van der Waals surface area contributed by atoms with Gasteiger partial charge in [0.25, 0.3) is 0 Å². The third-order valence-corrected chi connectivity index (χ3v) is 4.38. The van der Waals surface area contributed by atoms with E-state index in [1.165, 1.54) is 0 Å². The highest BCUT2D eigenvalue weighted by atomic mass is 16.5. The minimum atomic E-state index is -0.0319. The highest BCUT2D eigenvalue weighted by molar-refractivity contribution is 5.38. The summed E-state index contributed by atoms with van der Waals surface area (Å²) >= 11 is 0. The van der Waals surface area contributed by atoms with Crippen LogP contribution in [0.15, 0.2) is 30.5 Å². The number of anilines is 1. The molecular formula is C19H27N5O. The van der Waals surface area contributed by atoms with Gasteiger partial charge in [0.1, 0.15) is 11.6 Å². The summed E-state index contributed by atoms with van der Waals surface area (Å²) in [5.41, 5.74) is 1.01. The van der Waals surface area contributed by atoms with Gasteiger partial charge in [-0.3, -0.25) is 4.90 Å². The average Bonchev–Trinajstić information content (AvgIpc) is 2.62. The smallest absolute Gasteiger partial charge is 0.213 e. The Bertz CT molecular complexity index is 705. The molecule has 6 heteroatoms. The normalized spacial score (nSPS) is 16.1. The second kappa shape index (κ2) is 7.35. The molecule has 0 aromatic carbocycles. The van der Waals surface area contributed by atoms with Gasteiger partial charge in [-0.1, -0.05) is 26.8 Å². The minimum absolute atomic E-state index is 0.0319. The third kappa shape index (κ3) is 4.45. The van der Waals surface area contributed by atoms with Crippen LogP contribution >= 0.6 is 0 Å². The largest absolute Gasteiger partial charge is 0.481 e. The van der Waals surface area contributed by atoms with Crippen LogP contribution in [0.4, 0.5) is 5.82 Å². The molecule has 3 heterocycles. The summed E-state index contributed by atoms with van der Waals surface area (Å²) in [6, 6.07) is 7.93. The van der Waals surface area contributed by atoms with Gasteiger partial charge in [-0.05, 0) is 12.1 Å². The predicted molar refractivity (Wildman–Crippen MR) is 99.0 cm³/mol. The Morgan fingerprint density at radius 1 is 1.04 bits per heavy atom. The van der Waals surface area contributed by atoms with Gasteiger partial charge < -0.3 is 9.64 Å². The van der Waals surface area contributed by atoms with Crippen LogP contribution in [0, 0.1) is 0 Å². The molecule has 2 aromatic rings. The lowest BCUT2D eigenvalue weighted by Gasteiger charge is -2.35. The predicted octanol–water partition coefficient (Wildman–Crippen LogP) is 2.50. The van der Waals surface area contributed by atoms with Gasteiger partial charge in [-0.15, -0.1) is 0 Å². The van der Waals surface area contributed by atoms with E-state index in [0.717, 1.165) is 50.1 Å². The summed E-state index contributed by atoms with van der Waals surface area (Å²) in [7, 11) is 1.65. The highest BCUT2D eigenvalue weighted by Gasteiger charge is 2.22. The minimum Gasteiger partial charge on any atom is -0.481 e. The first-order chi connectivity index (χ1) is 12.0. The first-order valence-corrected chi connectivity index (χ1v) is 8.76. The summed E-state index contributed by atoms with van der Waals surface area (Å²) in [6.45, 7) is 11.2. The van der Waals surface area contributed by atoms with Crippen molar-refractivity contribution in [2.45, 2.75) is 32.7 Å². The van der Waals surface area contributed by atoms with Crippen molar-refractivity contribution in [1.29, 1.82) is 0 Å². The molecule has 0 bridgehead atoms. The van der Waals surface area contributed by atoms with Gasteiger partial charge in [0.05, 0.1) is 12.8 Å². The van der Waals surface area contributed by atoms with Crippen LogP contribution in [0.3, 0.4) is 0 Å². The van der Waals surface area contributed by atoms with Gasteiger partial charge in [-0.25, -0.2) is 15.0 Å². The molecule has 25 heavy (non-hydrogen) atoms. The summed E-state index contributed by atoms with van der Waals surface area (Å²) in [4.78, 5) is 18.5. The van der Waals surface area contributed by atoms with Crippen molar-refractivity contribution in [3.05, 3.63) is 42.0 Å². The molecule has 0 saturated carbocycles. The number of rotatable bonds is 4. The molecule has 1 aliphatic rings. The van der Waals surface area contributed by atoms with Gasteiger partial charge in [-0.2, -0.15) is 0 Å². The van der Waals surface area contributed by atoms with E-state index in [4.69, 9.17) is 9.72 Å². The lowest BCUT2D eigenvalue weighted by atomic mass is 9.96. The molecule has 1 saturated heterocycles. The van der Waals surface area contributed by atoms with Gasteiger partial charge >= 0.3 is 0 Å². The molecule has 3 rings (SSSR count). The Labute approximate surface area is 149 Å². The van der Waals surface area contributed by atoms with Crippen molar-refractivity contribution < 1.29 is 4.74 Å². The zero-order chi connectivity index (χ0) is 17.9. The molecule has 0 atom stereocenters. The Kier molecular flexibility index (Phi) is 5.18. The Hall–Kier alpha value is -2.21. The number of ether oxygens (including phenoxy) is 1. The van der Waals surface area contributed by atoms with Crippen molar-refractivity contribution in [2.75, 3.05) is 38.2 Å². The van der Waals surface area contributed by atoms with E-state index < -0.39 is 0 Å². The van der Waals surface area contributed by atoms with Crippen LogP contribution < -0.4 is 9.64 Å². The van der Waals surface area contributed by atoms with Crippen LogP contribution in [-0.4, -0.2) is 53.1 Å². The molecule has 6 nitrogen and oxygen atoms in total. The van der Waals surface area contributed by atoms with E-state index in [0.29, 0.717) is 5.88 Å². The third-order valence-electron chi connectivity index (χ3n) is 4.38. The number of nitrogens with zero attached hydrogens (tertiary/aromatic N) is 5. The molecule has 0 spiro atoms. The van der Waals surface area contributed by atoms with Crippen molar-refractivity contribution in [1.82, 2.24) is 19.9 Å². The van der Waals surface area contributed by atoms with E-state index in [-0.39, 0.29) is 5.41 Å². The quantitative estimate of drug-likeness (QED) is 0.852. The van der Waals surface area contributed by atoms with Crippen LogP contribution in [-0.2, 0) is 12.0 Å². The fraction of sp³-hybridized carbons (Fsp3) is 0.526. The van der Waals surface area contributed by atoms with E-state index >= 15 is 0 Å². The Morgan fingerprint density at radius 2 is 1.80 bits per heavy atom. The zero-order valence-electron chi connectivity index (χ0n) is 15.6. The number of hydrogen-bond donors (Lipinski definition) is 0. The average molecular weight is 341 g/mol. The number of piperazine rings is 1. The molecule has 1 fully saturated rings. The lowest BCUT2D eigenvalue weighted by molar-refractivity contribution is 0.245. The lowest BCUT2D eigenvalue weighted by Crippen LogP contribution is -2.46. The van der Waals surface area contributed by atoms with Gasteiger partial charge in [0, 0.05) is 50.4 Å². The van der Waals surface area contributed by atoms with Crippen LogP contribution in [0.5, 0.6) is 5.88 Å². The van der Waals surface area contributed by atoms with Gasteiger partial charge in [0.2, 0.25) is 5.88 Å². The summed E-state index contributed by atoms with van der Waals surface area (Å²) in [5.74, 6) is 2.60. The van der Waals surface area contributed by atoms with Crippen molar-refractivity contribution >= 4 is 5.82 Å². The molecule has 0 aliphatic carbocycles. The Balaban J connectivity index is 1.60. The summed E-state index contributed by atoms with van der Waals surface area (Å²) < 4.78 is 5.21. The van der Waals surface area contributed by atoms with E-state index in [1.807, 2.05) is 24.4 Å². The topological polar surface area (TPSA) is 54.4 Å². The molecule has 0 unspecified atom stereocenters. The van der Waals surface area contributed by atoms with Gasteiger partial charge in [0.15, 0.2) is 0 Å². The fourth-order valence-corrected chi connectivity index (χ4v) is 2.91. The molecule has 0 N–H and O–H groups in total. The number of pyridine rings is 1. The maximum atomic E-state index is 5.21. The summed E-state index contributed by atoms with van der Waals surface area (Å²) in [5, 5.41) is 0. The van der Waals surface area contributed by atoms with Crippen LogP contribution in [0.2, 0.25) is 0 Å². The van der Waals surface area contributed by atoms with E-state index in [2.05, 4.69) is 46.6 Å². The number of hydrogen-bond acceptors (Lipinski definition) is 6. The second-order valence-electron chi connectivity index (χ2n) is 7.42. The molecule has 1 aliphatic heterocycles. The summed E-state index contributed by atoms with van der Waals surface area (Å²) in [6.07, 6.45) is 1.87.